The lowest BCUT2D eigenvalue weighted by Crippen LogP contribution is -2.55. The van der Waals surface area contributed by atoms with Crippen molar-refractivity contribution in [3.8, 4) is 0 Å². The van der Waals surface area contributed by atoms with E-state index in [4.69, 9.17) is 14.5 Å². The fourth-order valence-corrected chi connectivity index (χ4v) is 2.78. The summed E-state index contributed by atoms with van der Waals surface area (Å²) < 4.78 is 5.03. The quantitative estimate of drug-likeness (QED) is 0.618. The Hall–Kier alpha value is -1.43. The van der Waals surface area contributed by atoms with Gasteiger partial charge in [-0.1, -0.05) is 30.3 Å². The second-order valence-electron chi connectivity index (χ2n) is 5.23. The molecule has 5 heteroatoms. The highest BCUT2D eigenvalue weighted by Gasteiger charge is 2.62. The zero-order chi connectivity index (χ0) is 13.5. The van der Waals surface area contributed by atoms with E-state index in [9.17, 15) is 9.90 Å². The molecule has 2 heterocycles. The maximum absolute atomic E-state index is 12.0. The zero-order valence-corrected chi connectivity index (χ0v) is 10.7. The summed E-state index contributed by atoms with van der Waals surface area (Å²) in [4.78, 5) is 22.4. The lowest BCUT2D eigenvalue weighted by molar-refractivity contribution is -0.485. The van der Waals surface area contributed by atoms with Crippen molar-refractivity contribution in [3.05, 3.63) is 35.9 Å². The highest BCUT2D eigenvalue weighted by molar-refractivity contribution is 5.80. The van der Waals surface area contributed by atoms with Crippen LogP contribution >= 0.6 is 0 Å². The van der Waals surface area contributed by atoms with E-state index in [0.717, 1.165) is 5.56 Å². The van der Waals surface area contributed by atoms with Gasteiger partial charge in [-0.3, -0.25) is 4.79 Å². The molecular weight excluding hydrogens is 248 g/mol. The van der Waals surface area contributed by atoms with Gasteiger partial charge in [0, 0.05) is 12.8 Å². The van der Waals surface area contributed by atoms with Crippen LogP contribution in [0.3, 0.4) is 0 Å². The van der Waals surface area contributed by atoms with Crippen LogP contribution in [-0.2, 0) is 19.3 Å². The number of carbonyl (C=O) groups is 1. The van der Waals surface area contributed by atoms with Gasteiger partial charge in [-0.25, -0.2) is 4.89 Å². The van der Waals surface area contributed by atoms with Crippen LogP contribution in [0.5, 0.6) is 0 Å². The first kappa shape index (κ1) is 12.6. The fourth-order valence-electron chi connectivity index (χ4n) is 2.78. The van der Waals surface area contributed by atoms with Crippen LogP contribution in [0.15, 0.2) is 30.3 Å². The highest BCUT2D eigenvalue weighted by Crippen LogP contribution is 2.52. The molecule has 1 aromatic rings. The second kappa shape index (κ2) is 4.30. The Balaban J connectivity index is 1.92. The van der Waals surface area contributed by atoms with Gasteiger partial charge in [0.05, 0.1) is 6.61 Å². The SMILES string of the molecule is CC1(O)OO[C@H](c2ccccc2)C[C@@]12CCOC2=O. The maximum Gasteiger partial charge on any atom is 0.317 e. The summed E-state index contributed by atoms with van der Waals surface area (Å²) in [6.07, 6.45) is 0.404. The summed E-state index contributed by atoms with van der Waals surface area (Å²) in [6.45, 7) is 1.75. The molecule has 1 spiro atoms. The van der Waals surface area contributed by atoms with Gasteiger partial charge in [-0.05, 0) is 12.5 Å². The van der Waals surface area contributed by atoms with E-state index in [1.807, 2.05) is 30.3 Å². The third-order valence-corrected chi connectivity index (χ3v) is 4.07. The molecule has 0 saturated carbocycles. The van der Waals surface area contributed by atoms with Gasteiger partial charge in [-0.15, -0.1) is 0 Å². The first-order chi connectivity index (χ1) is 9.05. The Morgan fingerprint density at radius 2 is 2.05 bits per heavy atom. The average molecular weight is 264 g/mol. The van der Waals surface area contributed by atoms with Gasteiger partial charge in [0.15, 0.2) is 0 Å². The van der Waals surface area contributed by atoms with Gasteiger partial charge in [0.25, 0.3) is 0 Å². The Morgan fingerprint density at radius 3 is 2.68 bits per heavy atom. The number of hydrogen-bond acceptors (Lipinski definition) is 5. The molecule has 0 aliphatic carbocycles. The Kier molecular flexibility index (Phi) is 2.85. The summed E-state index contributed by atoms with van der Waals surface area (Å²) in [6, 6.07) is 9.50. The molecule has 2 fully saturated rings. The van der Waals surface area contributed by atoms with E-state index in [0.29, 0.717) is 19.4 Å². The molecule has 2 aliphatic heterocycles. The smallest absolute Gasteiger partial charge is 0.317 e. The first-order valence-corrected chi connectivity index (χ1v) is 6.34. The van der Waals surface area contributed by atoms with Crippen molar-refractivity contribution in [2.75, 3.05) is 6.61 Å². The maximum atomic E-state index is 12.0. The largest absolute Gasteiger partial charge is 0.465 e. The normalized spacial score (nSPS) is 38.4. The standard InChI is InChI=1S/C14H16O5/c1-13(16)14(7-8-17-12(14)15)9-11(18-19-13)10-5-3-2-4-6-10/h2-6,11,16H,7-9H2,1H3/t11-,13?,14+/m0/s1. The monoisotopic (exact) mass is 264 g/mol. The van der Waals surface area contributed by atoms with Crippen LogP contribution in [0, 0.1) is 5.41 Å². The Morgan fingerprint density at radius 1 is 1.32 bits per heavy atom. The molecule has 1 N–H and O–H groups in total. The van der Waals surface area contributed by atoms with E-state index in [1.54, 1.807) is 0 Å². The topological polar surface area (TPSA) is 65.0 Å². The summed E-state index contributed by atoms with van der Waals surface area (Å²) in [5.74, 6) is -2.08. The lowest BCUT2D eigenvalue weighted by Gasteiger charge is -2.44. The van der Waals surface area contributed by atoms with E-state index in [-0.39, 0.29) is 6.10 Å². The predicted molar refractivity (Wildman–Crippen MR) is 64.6 cm³/mol. The number of esters is 1. The molecule has 1 unspecified atom stereocenters. The number of ether oxygens (including phenoxy) is 1. The third kappa shape index (κ3) is 1.85. The van der Waals surface area contributed by atoms with Crippen LogP contribution in [0.4, 0.5) is 0 Å². The molecule has 0 bridgehead atoms. The zero-order valence-electron chi connectivity index (χ0n) is 10.7. The summed E-state index contributed by atoms with van der Waals surface area (Å²) in [7, 11) is 0. The van der Waals surface area contributed by atoms with Gasteiger partial charge in [-0.2, -0.15) is 4.89 Å². The minimum atomic E-state index is -1.66. The Labute approximate surface area is 111 Å². The molecule has 0 aromatic heterocycles. The van der Waals surface area contributed by atoms with Crippen molar-refractivity contribution in [1.82, 2.24) is 0 Å². The predicted octanol–water partition coefficient (Wildman–Crippen LogP) is 1.72. The van der Waals surface area contributed by atoms with Gasteiger partial charge < -0.3 is 9.84 Å². The van der Waals surface area contributed by atoms with E-state index < -0.39 is 17.2 Å². The van der Waals surface area contributed by atoms with Gasteiger partial charge in [0.2, 0.25) is 5.79 Å². The molecule has 0 radical (unpaired) electrons. The van der Waals surface area contributed by atoms with Gasteiger partial charge in [0.1, 0.15) is 11.5 Å². The van der Waals surface area contributed by atoms with Crippen LogP contribution in [0.25, 0.3) is 0 Å². The fraction of sp³-hybridized carbons (Fsp3) is 0.500. The highest BCUT2D eigenvalue weighted by atomic mass is 17.2. The van der Waals surface area contributed by atoms with Crippen LogP contribution in [0.2, 0.25) is 0 Å². The summed E-state index contributed by atoms with van der Waals surface area (Å²) in [5.41, 5.74) is -0.136. The van der Waals surface area contributed by atoms with Crippen molar-refractivity contribution in [1.29, 1.82) is 0 Å². The number of aliphatic hydroxyl groups is 1. The summed E-state index contributed by atoms with van der Waals surface area (Å²) >= 11 is 0. The van der Waals surface area contributed by atoms with Crippen molar-refractivity contribution >= 4 is 5.97 Å². The molecular formula is C14H16O5. The third-order valence-electron chi connectivity index (χ3n) is 4.07. The van der Waals surface area contributed by atoms with E-state index >= 15 is 0 Å². The van der Waals surface area contributed by atoms with Gasteiger partial charge >= 0.3 is 5.97 Å². The number of benzene rings is 1. The molecule has 2 aliphatic rings. The second-order valence-corrected chi connectivity index (χ2v) is 5.23. The van der Waals surface area contributed by atoms with Crippen LogP contribution < -0.4 is 0 Å². The molecule has 0 amide bonds. The molecule has 19 heavy (non-hydrogen) atoms. The minimum absolute atomic E-state index is 0.305. The number of cyclic esters (lactones) is 1. The van der Waals surface area contributed by atoms with Crippen molar-refractivity contribution in [3.63, 3.8) is 0 Å². The molecule has 3 rings (SSSR count). The number of hydrogen-bond donors (Lipinski definition) is 1. The molecule has 1 aromatic carbocycles. The first-order valence-electron chi connectivity index (χ1n) is 6.34. The van der Waals surface area contributed by atoms with E-state index in [1.165, 1.54) is 6.92 Å². The summed E-state index contributed by atoms with van der Waals surface area (Å²) in [5, 5.41) is 10.3. The molecule has 2 saturated heterocycles. The Bertz CT molecular complexity index is 484. The van der Waals surface area contributed by atoms with Crippen molar-refractivity contribution < 1.29 is 24.4 Å². The molecule has 3 atom stereocenters. The molecule has 5 nitrogen and oxygen atoms in total. The van der Waals surface area contributed by atoms with E-state index in [2.05, 4.69) is 0 Å². The lowest BCUT2D eigenvalue weighted by atomic mass is 9.72. The molecule has 102 valence electrons. The average Bonchev–Trinajstić information content (AvgIpc) is 2.77. The van der Waals surface area contributed by atoms with Crippen LogP contribution in [-0.4, -0.2) is 23.5 Å². The van der Waals surface area contributed by atoms with Crippen molar-refractivity contribution in [2.24, 2.45) is 5.41 Å². The number of carbonyl (C=O) groups excluding carboxylic acids is 1. The van der Waals surface area contributed by atoms with Crippen molar-refractivity contribution in [2.45, 2.75) is 31.7 Å². The van der Waals surface area contributed by atoms with Crippen LogP contribution in [0.1, 0.15) is 31.4 Å². The number of rotatable bonds is 1. The minimum Gasteiger partial charge on any atom is -0.465 e.